The number of carboxylic acid groups (broad SMARTS) is 1. The number of hydrogen-bond acceptors (Lipinski definition) is 3. The molecule has 1 aromatic heterocycles. The number of nitrogens with zero attached hydrogens (tertiary/aromatic N) is 2. The number of aliphatic carboxylic acids is 1. The number of carbonyl (C=O) groups is 1. The van der Waals surface area contributed by atoms with E-state index in [1.54, 1.807) is 0 Å². The maximum absolute atomic E-state index is 10.6. The largest absolute Gasteiger partial charge is 0.481 e. The van der Waals surface area contributed by atoms with Crippen molar-refractivity contribution in [2.75, 3.05) is 5.75 Å². The van der Waals surface area contributed by atoms with Crippen LogP contribution in [0, 0.1) is 5.92 Å². The Balaban J connectivity index is 2.91. The SMILES string of the molecule is CCC(C)Cn1c(C(C)C)cnc1SCC(=O)O. The minimum Gasteiger partial charge on any atom is -0.481 e. The Labute approximate surface area is 113 Å². The highest BCUT2D eigenvalue weighted by Crippen LogP contribution is 2.25. The molecule has 0 amide bonds. The summed E-state index contributed by atoms with van der Waals surface area (Å²) < 4.78 is 2.17. The predicted octanol–water partition coefficient (Wildman–Crippen LogP) is 3.23. The molecule has 0 fully saturated rings. The quantitative estimate of drug-likeness (QED) is 0.773. The molecule has 0 aliphatic heterocycles. The van der Waals surface area contributed by atoms with Crippen molar-refractivity contribution in [2.24, 2.45) is 5.92 Å². The van der Waals surface area contributed by atoms with E-state index in [1.165, 1.54) is 17.5 Å². The number of rotatable bonds is 7. The summed E-state index contributed by atoms with van der Waals surface area (Å²) in [6, 6.07) is 0. The second-order valence-corrected chi connectivity index (χ2v) is 5.87. The number of hydrogen-bond donors (Lipinski definition) is 1. The predicted molar refractivity (Wildman–Crippen MR) is 74.1 cm³/mol. The van der Waals surface area contributed by atoms with Crippen LogP contribution in [0.4, 0.5) is 0 Å². The van der Waals surface area contributed by atoms with Crippen LogP contribution in [-0.2, 0) is 11.3 Å². The summed E-state index contributed by atoms with van der Waals surface area (Å²) in [6.45, 7) is 9.55. The van der Waals surface area contributed by atoms with Crippen molar-refractivity contribution in [3.8, 4) is 0 Å². The molecule has 1 aromatic rings. The van der Waals surface area contributed by atoms with Crippen LogP contribution >= 0.6 is 11.8 Å². The van der Waals surface area contributed by atoms with Gasteiger partial charge in [-0.1, -0.05) is 45.9 Å². The van der Waals surface area contributed by atoms with Crippen LogP contribution < -0.4 is 0 Å². The minimum atomic E-state index is -0.802. The zero-order valence-electron chi connectivity index (χ0n) is 11.5. The molecule has 1 rings (SSSR count). The monoisotopic (exact) mass is 270 g/mol. The van der Waals surface area contributed by atoms with E-state index in [0.717, 1.165) is 18.1 Å². The topological polar surface area (TPSA) is 55.1 Å². The van der Waals surface area contributed by atoms with Gasteiger partial charge in [-0.3, -0.25) is 4.79 Å². The summed E-state index contributed by atoms with van der Waals surface area (Å²) in [5, 5.41) is 9.57. The molecule has 0 bridgehead atoms. The normalized spacial score (nSPS) is 12.9. The maximum atomic E-state index is 10.6. The molecule has 0 saturated heterocycles. The molecular formula is C13H22N2O2S. The van der Waals surface area contributed by atoms with E-state index < -0.39 is 5.97 Å². The third-order valence-electron chi connectivity index (χ3n) is 2.96. The highest BCUT2D eigenvalue weighted by molar-refractivity contribution is 7.99. The molecule has 18 heavy (non-hydrogen) atoms. The van der Waals surface area contributed by atoms with Crippen LogP contribution in [0.2, 0.25) is 0 Å². The van der Waals surface area contributed by atoms with Crippen LogP contribution in [0.15, 0.2) is 11.4 Å². The molecule has 0 aromatic carbocycles. The van der Waals surface area contributed by atoms with Gasteiger partial charge >= 0.3 is 5.97 Å². The molecular weight excluding hydrogens is 248 g/mol. The Morgan fingerprint density at radius 1 is 1.50 bits per heavy atom. The lowest BCUT2D eigenvalue weighted by molar-refractivity contribution is -0.133. The second kappa shape index (κ2) is 6.83. The van der Waals surface area contributed by atoms with Gasteiger partial charge < -0.3 is 9.67 Å². The Hall–Kier alpha value is -0.970. The summed E-state index contributed by atoms with van der Waals surface area (Å²) in [5.74, 6) is 0.237. The highest BCUT2D eigenvalue weighted by atomic mass is 32.2. The maximum Gasteiger partial charge on any atom is 0.313 e. The van der Waals surface area contributed by atoms with Gasteiger partial charge in [-0.05, 0) is 11.8 Å². The van der Waals surface area contributed by atoms with Crippen molar-refractivity contribution in [2.45, 2.75) is 51.7 Å². The van der Waals surface area contributed by atoms with Crippen LogP contribution in [-0.4, -0.2) is 26.4 Å². The molecule has 0 saturated carbocycles. The number of carboxylic acids is 1. The molecule has 0 radical (unpaired) electrons. The van der Waals surface area contributed by atoms with E-state index in [4.69, 9.17) is 5.11 Å². The number of thioether (sulfide) groups is 1. The van der Waals surface area contributed by atoms with Crippen molar-refractivity contribution in [1.82, 2.24) is 9.55 Å². The fourth-order valence-corrected chi connectivity index (χ4v) is 2.41. The van der Waals surface area contributed by atoms with E-state index in [9.17, 15) is 4.79 Å². The van der Waals surface area contributed by atoms with Gasteiger partial charge in [-0.2, -0.15) is 0 Å². The first-order valence-electron chi connectivity index (χ1n) is 6.35. The number of imidazole rings is 1. The molecule has 1 N–H and O–H groups in total. The number of aromatic nitrogens is 2. The van der Waals surface area contributed by atoms with Gasteiger partial charge in [0, 0.05) is 18.4 Å². The first-order valence-corrected chi connectivity index (χ1v) is 7.34. The molecule has 5 heteroatoms. The Kier molecular flexibility index (Phi) is 5.72. The van der Waals surface area contributed by atoms with Crippen LogP contribution in [0.1, 0.15) is 45.7 Å². The van der Waals surface area contributed by atoms with Crippen LogP contribution in [0.5, 0.6) is 0 Å². The third-order valence-corrected chi connectivity index (χ3v) is 3.93. The van der Waals surface area contributed by atoms with Crippen molar-refractivity contribution in [3.63, 3.8) is 0 Å². The van der Waals surface area contributed by atoms with Gasteiger partial charge in [-0.25, -0.2) is 4.98 Å². The first-order chi connectivity index (χ1) is 8.45. The summed E-state index contributed by atoms with van der Waals surface area (Å²) >= 11 is 1.30. The zero-order chi connectivity index (χ0) is 13.7. The molecule has 1 atom stereocenters. The average Bonchev–Trinajstić information content (AvgIpc) is 2.69. The Morgan fingerprint density at radius 3 is 2.67 bits per heavy atom. The second-order valence-electron chi connectivity index (χ2n) is 4.93. The Bertz CT molecular complexity index is 402. The molecule has 0 spiro atoms. The zero-order valence-corrected chi connectivity index (χ0v) is 12.3. The molecule has 1 unspecified atom stereocenters. The van der Waals surface area contributed by atoms with E-state index in [-0.39, 0.29) is 5.75 Å². The van der Waals surface area contributed by atoms with Gasteiger partial charge in [0.1, 0.15) is 0 Å². The van der Waals surface area contributed by atoms with E-state index in [2.05, 4.69) is 37.2 Å². The van der Waals surface area contributed by atoms with Gasteiger partial charge in [0.05, 0.1) is 5.75 Å². The lowest BCUT2D eigenvalue weighted by atomic mass is 10.1. The lowest BCUT2D eigenvalue weighted by Crippen LogP contribution is -2.12. The average molecular weight is 270 g/mol. The molecule has 0 aliphatic rings. The molecule has 102 valence electrons. The van der Waals surface area contributed by atoms with Gasteiger partial charge in [0.15, 0.2) is 5.16 Å². The first kappa shape index (κ1) is 15.1. The third kappa shape index (κ3) is 4.05. The van der Waals surface area contributed by atoms with Crippen molar-refractivity contribution < 1.29 is 9.90 Å². The van der Waals surface area contributed by atoms with Gasteiger partial charge in [0.25, 0.3) is 0 Å². The Morgan fingerprint density at radius 2 is 2.17 bits per heavy atom. The van der Waals surface area contributed by atoms with Gasteiger partial charge in [-0.15, -0.1) is 0 Å². The fraction of sp³-hybridized carbons (Fsp3) is 0.692. The molecule has 1 heterocycles. The van der Waals surface area contributed by atoms with E-state index in [1.807, 2.05) is 6.20 Å². The van der Waals surface area contributed by atoms with Crippen molar-refractivity contribution >= 4 is 17.7 Å². The fourth-order valence-electron chi connectivity index (χ4n) is 1.70. The molecule has 4 nitrogen and oxygen atoms in total. The summed E-state index contributed by atoms with van der Waals surface area (Å²) in [7, 11) is 0. The summed E-state index contributed by atoms with van der Waals surface area (Å²) in [5.41, 5.74) is 1.18. The highest BCUT2D eigenvalue weighted by Gasteiger charge is 2.15. The van der Waals surface area contributed by atoms with Crippen LogP contribution in [0.25, 0.3) is 0 Å². The van der Waals surface area contributed by atoms with Gasteiger partial charge in [0.2, 0.25) is 0 Å². The standard InChI is InChI=1S/C13H22N2O2S/c1-5-10(4)7-15-11(9(2)3)6-14-13(15)18-8-12(16)17/h6,9-10H,5,7-8H2,1-4H3,(H,16,17). The smallest absolute Gasteiger partial charge is 0.313 e. The minimum absolute atomic E-state index is 0.0645. The summed E-state index contributed by atoms with van der Waals surface area (Å²) in [4.78, 5) is 15.0. The molecule has 0 aliphatic carbocycles. The van der Waals surface area contributed by atoms with E-state index >= 15 is 0 Å². The summed E-state index contributed by atoms with van der Waals surface area (Å²) in [6.07, 6.45) is 2.98. The van der Waals surface area contributed by atoms with Crippen molar-refractivity contribution in [3.05, 3.63) is 11.9 Å². The van der Waals surface area contributed by atoms with E-state index in [0.29, 0.717) is 11.8 Å². The van der Waals surface area contributed by atoms with Crippen LogP contribution in [0.3, 0.4) is 0 Å². The van der Waals surface area contributed by atoms with Crippen molar-refractivity contribution in [1.29, 1.82) is 0 Å². The lowest BCUT2D eigenvalue weighted by Gasteiger charge is -2.17.